The molecule has 0 amide bonds. The number of rotatable bonds is 5. The van der Waals surface area contributed by atoms with Gasteiger partial charge in [0.1, 0.15) is 0 Å². The number of nitrogen functional groups attached to an aromatic ring is 1. The molecule has 1 aliphatic heterocycles. The van der Waals surface area contributed by atoms with Gasteiger partial charge in [0.25, 0.3) is 0 Å². The van der Waals surface area contributed by atoms with Gasteiger partial charge in [-0.2, -0.15) is 23.5 Å². The third kappa shape index (κ3) is 5.25. The smallest absolute Gasteiger partial charge is 0.215 e. The van der Waals surface area contributed by atoms with E-state index < -0.39 is 10.0 Å². The first kappa shape index (κ1) is 15.0. The molecule has 4 nitrogen and oxygen atoms in total. The van der Waals surface area contributed by atoms with Crippen LogP contribution in [0.5, 0.6) is 0 Å². The minimum Gasteiger partial charge on any atom is -0.399 e. The number of anilines is 1. The highest BCUT2D eigenvalue weighted by Gasteiger charge is 2.18. The Hall–Kier alpha value is -0.370. The predicted molar refractivity (Wildman–Crippen MR) is 85.1 cm³/mol. The third-order valence-electron chi connectivity index (χ3n) is 2.75. The van der Waals surface area contributed by atoms with Crippen LogP contribution in [0.25, 0.3) is 0 Å². The molecule has 1 fully saturated rings. The van der Waals surface area contributed by atoms with Crippen molar-refractivity contribution < 1.29 is 8.42 Å². The van der Waals surface area contributed by atoms with Crippen molar-refractivity contribution in [3.8, 4) is 0 Å². The Morgan fingerprint density at radius 3 is 2.63 bits per heavy atom. The molecule has 1 heterocycles. The molecule has 1 unspecified atom stereocenters. The molecule has 0 radical (unpaired) electrons. The topological polar surface area (TPSA) is 72.2 Å². The molecule has 0 aromatic heterocycles. The molecule has 1 aliphatic rings. The van der Waals surface area contributed by atoms with Crippen LogP contribution in [-0.2, 0) is 15.8 Å². The van der Waals surface area contributed by atoms with Gasteiger partial charge in [0.05, 0.1) is 5.75 Å². The van der Waals surface area contributed by atoms with Crippen LogP contribution in [-0.4, -0.2) is 37.5 Å². The van der Waals surface area contributed by atoms with Crippen molar-refractivity contribution >= 4 is 39.2 Å². The second-order valence-electron chi connectivity index (χ2n) is 4.42. The van der Waals surface area contributed by atoms with E-state index in [1.54, 1.807) is 24.3 Å². The maximum Gasteiger partial charge on any atom is 0.215 e. The van der Waals surface area contributed by atoms with Crippen LogP contribution in [0.3, 0.4) is 0 Å². The van der Waals surface area contributed by atoms with E-state index in [-0.39, 0.29) is 5.75 Å². The summed E-state index contributed by atoms with van der Waals surface area (Å²) in [5.74, 6) is 3.31. The average Bonchev–Trinajstić information content (AvgIpc) is 2.40. The fourth-order valence-corrected chi connectivity index (χ4v) is 5.66. The second-order valence-corrected chi connectivity index (χ2v) is 8.78. The fraction of sp³-hybridized carbons (Fsp3) is 0.500. The molecule has 7 heteroatoms. The van der Waals surface area contributed by atoms with Gasteiger partial charge in [0.15, 0.2) is 0 Å². The number of sulfonamides is 1. The van der Waals surface area contributed by atoms with Crippen LogP contribution < -0.4 is 10.5 Å². The zero-order chi connectivity index (χ0) is 13.7. The lowest BCUT2D eigenvalue weighted by molar-refractivity contribution is 0.580. The number of nitrogens with one attached hydrogen (secondary N) is 1. The van der Waals surface area contributed by atoms with Crippen molar-refractivity contribution in [3.05, 3.63) is 29.8 Å². The minimum atomic E-state index is -3.26. The van der Waals surface area contributed by atoms with Crippen LogP contribution >= 0.6 is 23.5 Å². The van der Waals surface area contributed by atoms with E-state index in [1.165, 1.54) is 5.75 Å². The first-order chi connectivity index (χ1) is 9.05. The van der Waals surface area contributed by atoms with Gasteiger partial charge in [0.2, 0.25) is 10.0 Å². The standard InChI is InChI=1S/C12H18N2O2S3/c13-11-3-1-10(2-4-11)9-19(15,16)14-7-12-8-17-5-6-18-12/h1-4,12,14H,5-9,13H2. The van der Waals surface area contributed by atoms with Crippen molar-refractivity contribution in [1.82, 2.24) is 4.72 Å². The maximum absolute atomic E-state index is 12.0. The SMILES string of the molecule is Nc1ccc(CS(=O)(=O)NCC2CSCCS2)cc1. The van der Waals surface area contributed by atoms with E-state index >= 15 is 0 Å². The lowest BCUT2D eigenvalue weighted by Gasteiger charge is -2.21. The molecule has 1 saturated heterocycles. The number of hydrogen-bond acceptors (Lipinski definition) is 5. The van der Waals surface area contributed by atoms with Crippen molar-refractivity contribution in [3.63, 3.8) is 0 Å². The highest BCUT2D eigenvalue weighted by molar-refractivity contribution is 8.06. The summed E-state index contributed by atoms with van der Waals surface area (Å²) in [5.41, 5.74) is 6.98. The van der Waals surface area contributed by atoms with Crippen LogP contribution in [0.1, 0.15) is 5.56 Å². The summed E-state index contributed by atoms with van der Waals surface area (Å²) in [6, 6.07) is 6.94. The monoisotopic (exact) mass is 318 g/mol. The van der Waals surface area contributed by atoms with Gasteiger partial charge in [0, 0.05) is 34.7 Å². The largest absolute Gasteiger partial charge is 0.399 e. The summed E-state index contributed by atoms with van der Waals surface area (Å²) < 4.78 is 26.6. The molecule has 1 atom stereocenters. The minimum absolute atomic E-state index is 0.0117. The van der Waals surface area contributed by atoms with E-state index in [0.29, 0.717) is 17.5 Å². The molecule has 1 aromatic carbocycles. The van der Waals surface area contributed by atoms with Crippen LogP contribution in [0.4, 0.5) is 5.69 Å². The molecule has 0 bridgehead atoms. The van der Waals surface area contributed by atoms with Crippen molar-refractivity contribution in [1.29, 1.82) is 0 Å². The number of hydrogen-bond donors (Lipinski definition) is 2. The molecule has 0 saturated carbocycles. The zero-order valence-electron chi connectivity index (χ0n) is 10.5. The molecule has 2 rings (SSSR count). The zero-order valence-corrected chi connectivity index (χ0v) is 13.0. The predicted octanol–water partition coefficient (Wildman–Crippen LogP) is 1.54. The van der Waals surface area contributed by atoms with Crippen molar-refractivity contribution in [2.75, 3.05) is 29.5 Å². The Kier molecular flexibility index (Phi) is 5.44. The maximum atomic E-state index is 12.0. The van der Waals surface area contributed by atoms with Gasteiger partial charge in [-0.15, -0.1) is 0 Å². The Bertz CT molecular complexity index is 496. The Morgan fingerprint density at radius 1 is 1.26 bits per heavy atom. The summed E-state index contributed by atoms with van der Waals surface area (Å²) in [6.07, 6.45) is 0. The fourth-order valence-electron chi connectivity index (χ4n) is 1.76. The quantitative estimate of drug-likeness (QED) is 0.806. The van der Waals surface area contributed by atoms with E-state index in [2.05, 4.69) is 4.72 Å². The molecule has 1 aromatic rings. The highest BCUT2D eigenvalue weighted by Crippen LogP contribution is 2.23. The van der Waals surface area contributed by atoms with Gasteiger partial charge >= 0.3 is 0 Å². The molecule has 0 spiro atoms. The first-order valence-electron chi connectivity index (χ1n) is 6.06. The Labute approximate surface area is 123 Å². The van der Waals surface area contributed by atoms with Crippen LogP contribution in [0.2, 0.25) is 0 Å². The average molecular weight is 318 g/mol. The lowest BCUT2D eigenvalue weighted by atomic mass is 10.2. The van der Waals surface area contributed by atoms with Crippen LogP contribution in [0, 0.1) is 0 Å². The molecular formula is C12H18N2O2S3. The molecule has 0 aliphatic carbocycles. The van der Waals surface area contributed by atoms with E-state index in [0.717, 1.165) is 17.1 Å². The summed E-state index contributed by atoms with van der Waals surface area (Å²) in [5, 5.41) is 0.389. The van der Waals surface area contributed by atoms with E-state index in [9.17, 15) is 8.42 Å². The number of nitrogens with two attached hydrogens (primary N) is 1. The summed E-state index contributed by atoms with van der Waals surface area (Å²) in [4.78, 5) is 0. The van der Waals surface area contributed by atoms with Gasteiger partial charge in [-0.3, -0.25) is 0 Å². The number of benzene rings is 1. The molecule has 106 valence electrons. The summed E-state index contributed by atoms with van der Waals surface area (Å²) in [6.45, 7) is 0.523. The third-order valence-corrected chi connectivity index (χ3v) is 6.92. The van der Waals surface area contributed by atoms with Gasteiger partial charge < -0.3 is 5.73 Å². The van der Waals surface area contributed by atoms with E-state index in [1.807, 2.05) is 23.5 Å². The number of thioether (sulfide) groups is 2. The Balaban J connectivity index is 1.85. The summed E-state index contributed by atoms with van der Waals surface area (Å²) in [7, 11) is -3.26. The van der Waals surface area contributed by atoms with Crippen molar-refractivity contribution in [2.45, 2.75) is 11.0 Å². The first-order valence-corrected chi connectivity index (χ1v) is 9.92. The highest BCUT2D eigenvalue weighted by atomic mass is 32.2. The normalized spacial score (nSPS) is 20.3. The van der Waals surface area contributed by atoms with Gasteiger partial charge in [-0.25, -0.2) is 13.1 Å². The van der Waals surface area contributed by atoms with Crippen LogP contribution in [0.15, 0.2) is 24.3 Å². The second kappa shape index (κ2) is 6.88. The molecule has 3 N–H and O–H groups in total. The molecule has 19 heavy (non-hydrogen) atoms. The van der Waals surface area contributed by atoms with Gasteiger partial charge in [-0.1, -0.05) is 12.1 Å². The Morgan fingerprint density at radius 2 is 2.00 bits per heavy atom. The summed E-state index contributed by atoms with van der Waals surface area (Å²) >= 11 is 3.74. The molecular weight excluding hydrogens is 300 g/mol. The lowest BCUT2D eigenvalue weighted by Crippen LogP contribution is -2.34. The van der Waals surface area contributed by atoms with Gasteiger partial charge in [-0.05, 0) is 17.7 Å². The van der Waals surface area contributed by atoms with E-state index in [4.69, 9.17) is 5.73 Å². The van der Waals surface area contributed by atoms with Crippen molar-refractivity contribution in [2.24, 2.45) is 0 Å².